The number of rotatable bonds is 11. The Hall–Kier alpha value is -0.200. The lowest BCUT2D eigenvalue weighted by Gasteiger charge is -2.39. The van der Waals surface area contributed by atoms with Crippen LogP contribution < -0.4 is 0 Å². The minimum absolute atomic E-state index is 0.0172. The molecule has 0 aromatic rings. The molecule has 0 atom stereocenters. The molecule has 1 fully saturated rings. The quantitative estimate of drug-likeness (QED) is 0.578. The molecule has 0 amide bonds. The number of nitrogens with zero attached hydrogens (tertiary/aromatic N) is 1. The van der Waals surface area contributed by atoms with Gasteiger partial charge in [-0.05, 0) is 26.7 Å². The summed E-state index contributed by atoms with van der Waals surface area (Å²) in [7, 11) is 0. The topological polar surface area (TPSA) is 51.2 Å². The maximum absolute atomic E-state index is 9.79. The lowest BCUT2D eigenvalue weighted by atomic mass is 9.80. The Kier molecular flexibility index (Phi) is 9.39. The zero-order valence-electron chi connectivity index (χ0n) is 13.1. The SMILES string of the molecule is CCOCCN(CCOCC)CC1(CO)CCOCC1. The van der Waals surface area contributed by atoms with E-state index in [0.29, 0.717) is 0 Å². The average Bonchev–Trinajstić information content (AvgIpc) is 2.48. The maximum Gasteiger partial charge on any atom is 0.0593 e. The monoisotopic (exact) mass is 289 g/mol. The molecular weight excluding hydrogens is 258 g/mol. The van der Waals surface area contributed by atoms with E-state index < -0.39 is 0 Å². The van der Waals surface area contributed by atoms with E-state index in [1.807, 2.05) is 13.8 Å². The molecule has 1 aliphatic heterocycles. The normalized spacial score (nSPS) is 18.6. The standard InChI is InChI=1S/C15H31NO4/c1-3-18-11-7-16(8-12-19-4-2)13-15(14-17)5-9-20-10-6-15/h17H,3-14H2,1-2H3. The number of aliphatic hydroxyl groups excluding tert-OH is 1. The van der Waals surface area contributed by atoms with Crippen molar-refractivity contribution < 1.29 is 19.3 Å². The number of ether oxygens (including phenoxy) is 3. The van der Waals surface area contributed by atoms with Crippen LogP contribution in [0.25, 0.3) is 0 Å². The number of hydrogen-bond donors (Lipinski definition) is 1. The fourth-order valence-corrected chi connectivity index (χ4v) is 2.59. The molecule has 0 bridgehead atoms. The Balaban J connectivity index is 2.46. The second kappa shape index (κ2) is 10.5. The van der Waals surface area contributed by atoms with Crippen LogP contribution >= 0.6 is 0 Å². The lowest BCUT2D eigenvalue weighted by molar-refractivity contribution is -0.0408. The van der Waals surface area contributed by atoms with Gasteiger partial charge in [0.1, 0.15) is 0 Å². The molecule has 0 spiro atoms. The van der Waals surface area contributed by atoms with Gasteiger partial charge < -0.3 is 19.3 Å². The van der Waals surface area contributed by atoms with Crippen molar-refractivity contribution in [2.45, 2.75) is 26.7 Å². The first-order chi connectivity index (χ1) is 9.76. The molecule has 1 rings (SSSR count). The van der Waals surface area contributed by atoms with E-state index in [4.69, 9.17) is 14.2 Å². The highest BCUT2D eigenvalue weighted by atomic mass is 16.5. The smallest absolute Gasteiger partial charge is 0.0593 e. The minimum atomic E-state index is -0.0172. The van der Waals surface area contributed by atoms with E-state index in [0.717, 1.165) is 72.1 Å². The van der Waals surface area contributed by atoms with Crippen LogP contribution in [0, 0.1) is 5.41 Å². The van der Waals surface area contributed by atoms with Gasteiger partial charge in [0, 0.05) is 51.5 Å². The molecule has 0 aliphatic carbocycles. The molecule has 0 aromatic carbocycles. The van der Waals surface area contributed by atoms with Crippen molar-refractivity contribution in [2.75, 3.05) is 65.9 Å². The Morgan fingerprint density at radius 2 is 1.60 bits per heavy atom. The van der Waals surface area contributed by atoms with Crippen molar-refractivity contribution in [1.29, 1.82) is 0 Å². The van der Waals surface area contributed by atoms with E-state index in [1.54, 1.807) is 0 Å². The molecule has 0 unspecified atom stereocenters. The van der Waals surface area contributed by atoms with Gasteiger partial charge in [-0.2, -0.15) is 0 Å². The van der Waals surface area contributed by atoms with Crippen LogP contribution in [0.2, 0.25) is 0 Å². The van der Waals surface area contributed by atoms with Gasteiger partial charge in [0.15, 0.2) is 0 Å². The molecule has 1 saturated heterocycles. The predicted molar refractivity (Wildman–Crippen MR) is 79.0 cm³/mol. The first-order valence-electron chi connectivity index (χ1n) is 7.83. The second-order valence-corrected chi connectivity index (χ2v) is 5.44. The van der Waals surface area contributed by atoms with Crippen LogP contribution in [-0.2, 0) is 14.2 Å². The van der Waals surface area contributed by atoms with Gasteiger partial charge in [-0.25, -0.2) is 0 Å². The van der Waals surface area contributed by atoms with E-state index in [1.165, 1.54) is 0 Å². The third-order valence-electron chi connectivity index (χ3n) is 3.96. The highest BCUT2D eigenvalue weighted by molar-refractivity contribution is 4.84. The first kappa shape index (κ1) is 17.9. The average molecular weight is 289 g/mol. The maximum atomic E-state index is 9.79. The molecule has 0 saturated carbocycles. The van der Waals surface area contributed by atoms with Crippen molar-refractivity contribution in [3.05, 3.63) is 0 Å². The summed E-state index contributed by atoms with van der Waals surface area (Å²) >= 11 is 0. The summed E-state index contributed by atoms with van der Waals surface area (Å²) in [6.07, 6.45) is 1.87. The van der Waals surface area contributed by atoms with Crippen molar-refractivity contribution in [3.63, 3.8) is 0 Å². The highest BCUT2D eigenvalue weighted by Crippen LogP contribution is 2.30. The van der Waals surface area contributed by atoms with E-state index in [9.17, 15) is 5.11 Å². The number of hydrogen-bond acceptors (Lipinski definition) is 5. The van der Waals surface area contributed by atoms with Crippen LogP contribution in [0.1, 0.15) is 26.7 Å². The largest absolute Gasteiger partial charge is 0.396 e. The van der Waals surface area contributed by atoms with Gasteiger partial charge in [0.2, 0.25) is 0 Å². The third-order valence-corrected chi connectivity index (χ3v) is 3.96. The van der Waals surface area contributed by atoms with Crippen LogP contribution in [0.15, 0.2) is 0 Å². The predicted octanol–water partition coefficient (Wildman–Crippen LogP) is 1.15. The molecule has 20 heavy (non-hydrogen) atoms. The van der Waals surface area contributed by atoms with E-state index in [2.05, 4.69) is 4.90 Å². The first-order valence-corrected chi connectivity index (χ1v) is 7.83. The summed E-state index contributed by atoms with van der Waals surface area (Å²) < 4.78 is 16.3. The summed E-state index contributed by atoms with van der Waals surface area (Å²) in [5.41, 5.74) is -0.0172. The van der Waals surface area contributed by atoms with Crippen molar-refractivity contribution >= 4 is 0 Å². The summed E-state index contributed by atoms with van der Waals surface area (Å²) in [5, 5.41) is 9.79. The van der Waals surface area contributed by atoms with E-state index >= 15 is 0 Å². The fourth-order valence-electron chi connectivity index (χ4n) is 2.59. The van der Waals surface area contributed by atoms with Gasteiger partial charge in [0.25, 0.3) is 0 Å². The molecule has 1 heterocycles. The lowest BCUT2D eigenvalue weighted by Crippen LogP contribution is -2.45. The molecular formula is C15H31NO4. The molecule has 5 heteroatoms. The second-order valence-electron chi connectivity index (χ2n) is 5.44. The van der Waals surface area contributed by atoms with Crippen LogP contribution in [-0.4, -0.2) is 75.9 Å². The minimum Gasteiger partial charge on any atom is -0.396 e. The van der Waals surface area contributed by atoms with Gasteiger partial charge in [-0.1, -0.05) is 0 Å². The Morgan fingerprint density at radius 1 is 1.05 bits per heavy atom. The number of aliphatic hydroxyl groups is 1. The molecule has 5 nitrogen and oxygen atoms in total. The summed E-state index contributed by atoms with van der Waals surface area (Å²) in [4.78, 5) is 2.35. The fraction of sp³-hybridized carbons (Fsp3) is 1.00. The Labute approximate surface area is 123 Å². The molecule has 0 aromatic heterocycles. The summed E-state index contributed by atoms with van der Waals surface area (Å²) in [6, 6.07) is 0. The molecule has 1 N–H and O–H groups in total. The third kappa shape index (κ3) is 6.50. The van der Waals surface area contributed by atoms with Gasteiger partial charge >= 0.3 is 0 Å². The van der Waals surface area contributed by atoms with Crippen molar-refractivity contribution in [1.82, 2.24) is 4.90 Å². The van der Waals surface area contributed by atoms with Crippen LogP contribution in [0.4, 0.5) is 0 Å². The van der Waals surface area contributed by atoms with Gasteiger partial charge in [-0.3, -0.25) is 4.90 Å². The van der Waals surface area contributed by atoms with E-state index in [-0.39, 0.29) is 12.0 Å². The van der Waals surface area contributed by atoms with Crippen molar-refractivity contribution in [2.24, 2.45) is 5.41 Å². The summed E-state index contributed by atoms with van der Waals surface area (Å²) in [5.74, 6) is 0. The van der Waals surface area contributed by atoms with Crippen LogP contribution in [0.5, 0.6) is 0 Å². The van der Waals surface area contributed by atoms with Gasteiger partial charge in [-0.15, -0.1) is 0 Å². The molecule has 1 aliphatic rings. The highest BCUT2D eigenvalue weighted by Gasteiger charge is 2.33. The molecule has 120 valence electrons. The zero-order chi connectivity index (χ0) is 14.7. The zero-order valence-corrected chi connectivity index (χ0v) is 13.1. The van der Waals surface area contributed by atoms with Crippen LogP contribution in [0.3, 0.4) is 0 Å². The van der Waals surface area contributed by atoms with Gasteiger partial charge in [0.05, 0.1) is 19.8 Å². The summed E-state index contributed by atoms with van der Waals surface area (Å²) in [6.45, 7) is 11.4. The Bertz CT molecular complexity index is 222. The Morgan fingerprint density at radius 3 is 2.05 bits per heavy atom. The molecule has 0 radical (unpaired) electrons. The van der Waals surface area contributed by atoms with Crippen molar-refractivity contribution in [3.8, 4) is 0 Å².